The highest BCUT2D eigenvalue weighted by molar-refractivity contribution is 9.10. The van der Waals surface area contributed by atoms with Gasteiger partial charge in [0, 0.05) is 0 Å². The van der Waals surface area contributed by atoms with Gasteiger partial charge in [-0.25, -0.2) is 9.97 Å². The fraction of sp³-hybridized carbons (Fsp3) is 0. The van der Waals surface area contributed by atoms with E-state index in [2.05, 4.69) is 30.9 Å². The highest BCUT2D eigenvalue weighted by atomic mass is 79.9. The normalized spacial score (nSPS) is 10.3. The van der Waals surface area contributed by atoms with Crippen LogP contribution in [0.25, 0.3) is 11.5 Å². The molecule has 2 aromatic heterocycles. The first-order chi connectivity index (χ1) is 6.25. The maximum atomic E-state index is 12.7. The number of H-pyrrole nitrogens is 1. The average molecular weight is 242 g/mol. The van der Waals surface area contributed by atoms with E-state index >= 15 is 0 Å². The summed E-state index contributed by atoms with van der Waals surface area (Å²) < 4.78 is 13.4. The van der Waals surface area contributed by atoms with Gasteiger partial charge in [-0.05, 0) is 28.1 Å². The van der Waals surface area contributed by atoms with Gasteiger partial charge in [-0.2, -0.15) is 4.39 Å². The van der Waals surface area contributed by atoms with Gasteiger partial charge in [-0.15, -0.1) is 0 Å². The Morgan fingerprint density at radius 2 is 2.23 bits per heavy atom. The van der Waals surface area contributed by atoms with Crippen LogP contribution >= 0.6 is 15.9 Å². The lowest BCUT2D eigenvalue weighted by Gasteiger charge is -1.94. The second-order valence-corrected chi connectivity index (χ2v) is 3.28. The molecule has 0 amide bonds. The van der Waals surface area contributed by atoms with Crippen LogP contribution in [0.1, 0.15) is 0 Å². The van der Waals surface area contributed by atoms with E-state index in [0.29, 0.717) is 11.5 Å². The average Bonchev–Trinajstić information content (AvgIpc) is 2.52. The number of rotatable bonds is 1. The van der Waals surface area contributed by atoms with Crippen LogP contribution in [0.2, 0.25) is 0 Å². The molecule has 0 aromatic carbocycles. The molecule has 0 spiro atoms. The molecule has 2 heterocycles. The van der Waals surface area contributed by atoms with Crippen LogP contribution in [0, 0.1) is 5.95 Å². The molecule has 0 bridgehead atoms. The zero-order valence-corrected chi connectivity index (χ0v) is 8.05. The molecule has 2 aromatic rings. The minimum Gasteiger partial charge on any atom is -0.331 e. The Balaban J connectivity index is 2.46. The maximum absolute atomic E-state index is 12.7. The zero-order chi connectivity index (χ0) is 9.26. The van der Waals surface area contributed by atoms with Gasteiger partial charge >= 0.3 is 0 Å². The summed E-state index contributed by atoms with van der Waals surface area (Å²) in [6.07, 6.45) is 1.60. The third kappa shape index (κ3) is 1.75. The van der Waals surface area contributed by atoms with Gasteiger partial charge in [0.1, 0.15) is 10.3 Å². The minimum absolute atomic E-state index is 0.491. The van der Waals surface area contributed by atoms with E-state index < -0.39 is 5.95 Å². The summed E-state index contributed by atoms with van der Waals surface area (Å²) in [5.41, 5.74) is 0.491. The Hall–Kier alpha value is -1.23. The summed E-state index contributed by atoms with van der Waals surface area (Å²) in [6, 6.07) is 4.57. The third-order valence-corrected chi connectivity index (χ3v) is 1.91. The predicted molar refractivity (Wildman–Crippen MR) is 49.5 cm³/mol. The zero-order valence-electron chi connectivity index (χ0n) is 6.46. The molecular weight excluding hydrogens is 237 g/mol. The number of nitrogens with zero attached hydrogens (tertiary/aromatic N) is 2. The first-order valence-corrected chi connectivity index (χ1v) is 4.38. The number of hydrogen-bond acceptors (Lipinski definition) is 2. The minimum atomic E-state index is -0.509. The molecule has 5 heteroatoms. The fourth-order valence-corrected chi connectivity index (χ4v) is 1.26. The number of aromatic amines is 1. The molecule has 0 aliphatic rings. The third-order valence-electron chi connectivity index (χ3n) is 1.50. The van der Waals surface area contributed by atoms with Gasteiger partial charge in [0.25, 0.3) is 0 Å². The number of halogens is 2. The number of aromatic nitrogens is 3. The van der Waals surface area contributed by atoms with Crippen molar-refractivity contribution in [3.63, 3.8) is 0 Å². The van der Waals surface area contributed by atoms with Crippen molar-refractivity contribution in [1.29, 1.82) is 0 Å². The van der Waals surface area contributed by atoms with Gasteiger partial charge < -0.3 is 4.98 Å². The Kier molecular flexibility index (Phi) is 2.10. The van der Waals surface area contributed by atoms with Gasteiger partial charge in [0.2, 0.25) is 5.95 Å². The molecule has 1 N–H and O–H groups in total. The Morgan fingerprint density at radius 3 is 2.85 bits per heavy atom. The Morgan fingerprint density at radius 1 is 1.38 bits per heavy atom. The van der Waals surface area contributed by atoms with E-state index in [1.54, 1.807) is 18.3 Å². The van der Waals surface area contributed by atoms with E-state index in [9.17, 15) is 4.39 Å². The van der Waals surface area contributed by atoms with E-state index in [0.717, 1.165) is 4.60 Å². The molecule has 0 aliphatic heterocycles. The number of nitrogens with one attached hydrogen (secondary N) is 1. The van der Waals surface area contributed by atoms with Crippen molar-refractivity contribution in [3.8, 4) is 11.5 Å². The Bertz CT molecular complexity index is 427. The van der Waals surface area contributed by atoms with Gasteiger partial charge in [-0.3, -0.25) is 0 Å². The monoisotopic (exact) mass is 241 g/mol. The van der Waals surface area contributed by atoms with Crippen LogP contribution in [-0.2, 0) is 0 Å². The van der Waals surface area contributed by atoms with Gasteiger partial charge in [0.05, 0.1) is 6.20 Å². The lowest BCUT2D eigenvalue weighted by molar-refractivity contribution is 0.585. The first-order valence-electron chi connectivity index (χ1n) is 3.59. The van der Waals surface area contributed by atoms with Crippen LogP contribution in [0.3, 0.4) is 0 Å². The van der Waals surface area contributed by atoms with Gasteiger partial charge in [-0.1, -0.05) is 6.07 Å². The van der Waals surface area contributed by atoms with Crippen LogP contribution in [0.4, 0.5) is 4.39 Å². The van der Waals surface area contributed by atoms with Crippen molar-refractivity contribution in [3.05, 3.63) is 34.9 Å². The highest BCUT2D eigenvalue weighted by Gasteiger charge is 2.03. The molecule has 0 saturated carbocycles. The van der Waals surface area contributed by atoms with Crippen LogP contribution in [0.5, 0.6) is 0 Å². The summed E-state index contributed by atoms with van der Waals surface area (Å²) in [5, 5.41) is 0. The lowest BCUT2D eigenvalue weighted by atomic mass is 10.3. The molecule has 0 fully saturated rings. The molecule has 0 atom stereocenters. The van der Waals surface area contributed by atoms with E-state index in [-0.39, 0.29) is 0 Å². The van der Waals surface area contributed by atoms with Crippen LogP contribution < -0.4 is 0 Å². The molecular formula is C8H5BrFN3. The quantitative estimate of drug-likeness (QED) is 0.780. The van der Waals surface area contributed by atoms with Gasteiger partial charge in [0.15, 0.2) is 5.82 Å². The van der Waals surface area contributed by atoms with Crippen molar-refractivity contribution < 1.29 is 4.39 Å². The van der Waals surface area contributed by atoms with Crippen molar-refractivity contribution in [1.82, 2.24) is 15.0 Å². The highest BCUT2D eigenvalue weighted by Crippen LogP contribution is 2.15. The number of hydrogen-bond donors (Lipinski definition) is 1. The summed E-state index contributed by atoms with van der Waals surface area (Å²) in [6.45, 7) is 0. The van der Waals surface area contributed by atoms with E-state index in [1.165, 1.54) is 6.07 Å². The first kappa shape index (κ1) is 8.37. The smallest absolute Gasteiger partial charge is 0.213 e. The molecule has 0 unspecified atom stereocenters. The SMILES string of the molecule is Fc1cccc(-c2ncc(Br)[nH]2)n1. The van der Waals surface area contributed by atoms with Crippen molar-refractivity contribution >= 4 is 15.9 Å². The second-order valence-electron chi connectivity index (χ2n) is 2.43. The van der Waals surface area contributed by atoms with Crippen LogP contribution in [0.15, 0.2) is 29.0 Å². The predicted octanol–water partition coefficient (Wildman–Crippen LogP) is 2.37. The largest absolute Gasteiger partial charge is 0.331 e. The Labute approximate surface area is 82.2 Å². The summed E-state index contributed by atoms with van der Waals surface area (Å²) in [4.78, 5) is 10.6. The molecule has 13 heavy (non-hydrogen) atoms. The number of pyridine rings is 1. The topological polar surface area (TPSA) is 41.6 Å². The summed E-state index contributed by atoms with van der Waals surface area (Å²) >= 11 is 3.21. The van der Waals surface area contributed by atoms with Crippen LogP contribution in [-0.4, -0.2) is 15.0 Å². The molecule has 2 rings (SSSR count). The molecule has 3 nitrogen and oxygen atoms in total. The lowest BCUT2D eigenvalue weighted by Crippen LogP contribution is -1.88. The van der Waals surface area contributed by atoms with E-state index in [4.69, 9.17) is 0 Å². The number of imidazole rings is 1. The van der Waals surface area contributed by atoms with Crippen molar-refractivity contribution in [2.75, 3.05) is 0 Å². The van der Waals surface area contributed by atoms with Crippen molar-refractivity contribution in [2.24, 2.45) is 0 Å². The second kappa shape index (κ2) is 3.26. The molecule has 0 aliphatic carbocycles. The molecule has 66 valence electrons. The summed E-state index contributed by atoms with van der Waals surface area (Å²) in [5.74, 6) is 0.0383. The fourth-order valence-electron chi connectivity index (χ4n) is 0.969. The standard InChI is InChI=1S/C8H5BrFN3/c9-6-4-11-8(13-6)5-2-1-3-7(10)12-5/h1-4H,(H,11,13). The summed E-state index contributed by atoms with van der Waals surface area (Å²) in [7, 11) is 0. The maximum Gasteiger partial charge on any atom is 0.213 e. The molecule has 0 saturated heterocycles. The molecule has 0 radical (unpaired) electrons. The van der Waals surface area contributed by atoms with E-state index in [1.807, 2.05) is 0 Å². The van der Waals surface area contributed by atoms with Crippen molar-refractivity contribution in [2.45, 2.75) is 0 Å².